The quantitative estimate of drug-likeness (QED) is 0.405. The SMILES string of the molecule is CCSc1nc(N2CCCC2)c2cnn(CCNC(=O)c3cc(Cl)ccc3OC)c2n1. The van der Waals surface area contributed by atoms with Crippen molar-refractivity contribution in [1.29, 1.82) is 0 Å². The standard InChI is InChI=1S/C21H25ClN6O2S/c1-3-31-21-25-18(27-9-4-5-10-27)16-13-24-28(19(16)26-21)11-8-23-20(29)15-12-14(22)6-7-17(15)30-2/h6-7,12-13H,3-5,8-11H2,1-2H3,(H,23,29). The minimum atomic E-state index is -0.245. The van der Waals surface area contributed by atoms with Gasteiger partial charge in [0.2, 0.25) is 0 Å². The molecule has 4 rings (SSSR count). The summed E-state index contributed by atoms with van der Waals surface area (Å²) in [4.78, 5) is 24.4. The van der Waals surface area contributed by atoms with Gasteiger partial charge < -0.3 is 15.0 Å². The van der Waals surface area contributed by atoms with Gasteiger partial charge >= 0.3 is 0 Å². The number of hydrogen-bond donors (Lipinski definition) is 1. The summed E-state index contributed by atoms with van der Waals surface area (Å²) in [5, 5.41) is 9.63. The maximum Gasteiger partial charge on any atom is 0.255 e. The number of amides is 1. The molecule has 1 N–H and O–H groups in total. The van der Waals surface area contributed by atoms with E-state index < -0.39 is 0 Å². The molecule has 1 fully saturated rings. The van der Waals surface area contributed by atoms with Crippen LogP contribution in [0.2, 0.25) is 5.02 Å². The Morgan fingerprint density at radius 3 is 2.84 bits per heavy atom. The van der Waals surface area contributed by atoms with Crippen LogP contribution in [0.15, 0.2) is 29.6 Å². The highest BCUT2D eigenvalue weighted by Gasteiger charge is 2.21. The third kappa shape index (κ3) is 4.72. The number of thioether (sulfide) groups is 1. The lowest BCUT2D eigenvalue weighted by molar-refractivity contribution is 0.0949. The minimum Gasteiger partial charge on any atom is -0.496 e. The molecule has 3 aromatic rings. The molecule has 0 saturated carbocycles. The zero-order valence-electron chi connectivity index (χ0n) is 17.6. The summed E-state index contributed by atoms with van der Waals surface area (Å²) in [5.41, 5.74) is 1.20. The van der Waals surface area contributed by atoms with Crippen molar-refractivity contribution in [3.05, 3.63) is 35.0 Å². The van der Waals surface area contributed by atoms with Gasteiger partial charge in [0.25, 0.3) is 5.91 Å². The molecule has 0 spiro atoms. The lowest BCUT2D eigenvalue weighted by Gasteiger charge is -2.17. The summed E-state index contributed by atoms with van der Waals surface area (Å²) in [7, 11) is 1.53. The Morgan fingerprint density at radius 2 is 2.10 bits per heavy atom. The number of fused-ring (bicyclic) bond motifs is 1. The first-order valence-electron chi connectivity index (χ1n) is 10.3. The van der Waals surface area contributed by atoms with Crippen LogP contribution in [0.3, 0.4) is 0 Å². The number of nitrogens with one attached hydrogen (secondary N) is 1. The van der Waals surface area contributed by atoms with E-state index in [9.17, 15) is 4.79 Å². The van der Waals surface area contributed by atoms with Gasteiger partial charge in [0.05, 0.1) is 30.8 Å². The van der Waals surface area contributed by atoms with Gasteiger partial charge in [0.1, 0.15) is 11.6 Å². The normalized spacial score (nSPS) is 13.7. The molecule has 0 atom stereocenters. The zero-order chi connectivity index (χ0) is 21.8. The number of carbonyl (C=O) groups excluding carboxylic acids is 1. The van der Waals surface area contributed by atoms with Crippen molar-refractivity contribution in [1.82, 2.24) is 25.1 Å². The second kappa shape index (κ2) is 9.74. The predicted molar refractivity (Wildman–Crippen MR) is 124 cm³/mol. The average molecular weight is 461 g/mol. The highest BCUT2D eigenvalue weighted by Crippen LogP contribution is 2.29. The van der Waals surface area contributed by atoms with Crippen molar-refractivity contribution in [3.63, 3.8) is 0 Å². The lowest BCUT2D eigenvalue weighted by Crippen LogP contribution is -2.28. The van der Waals surface area contributed by atoms with Crippen LogP contribution in [0.4, 0.5) is 5.82 Å². The molecule has 1 aromatic carbocycles. The molecule has 2 aromatic heterocycles. The third-order valence-electron chi connectivity index (χ3n) is 5.15. The number of benzene rings is 1. The summed E-state index contributed by atoms with van der Waals surface area (Å²) in [6, 6.07) is 4.97. The van der Waals surface area contributed by atoms with Gasteiger partial charge in [-0.25, -0.2) is 14.6 Å². The summed E-state index contributed by atoms with van der Waals surface area (Å²) in [6.07, 6.45) is 4.18. The number of hydrogen-bond acceptors (Lipinski definition) is 7. The van der Waals surface area contributed by atoms with Crippen LogP contribution in [0.5, 0.6) is 5.75 Å². The Balaban J connectivity index is 1.52. The molecule has 1 amide bonds. The first-order valence-corrected chi connectivity index (χ1v) is 11.7. The maximum atomic E-state index is 12.6. The minimum absolute atomic E-state index is 0.245. The molecule has 1 saturated heterocycles. The summed E-state index contributed by atoms with van der Waals surface area (Å²) in [6.45, 7) is 4.98. The zero-order valence-corrected chi connectivity index (χ0v) is 19.2. The van der Waals surface area contributed by atoms with E-state index in [4.69, 9.17) is 26.3 Å². The Morgan fingerprint density at radius 1 is 1.29 bits per heavy atom. The third-order valence-corrected chi connectivity index (χ3v) is 6.11. The van der Waals surface area contributed by atoms with Crippen LogP contribution in [0.25, 0.3) is 11.0 Å². The molecular formula is C21H25ClN6O2S. The van der Waals surface area contributed by atoms with Crippen LogP contribution in [-0.2, 0) is 6.54 Å². The predicted octanol–water partition coefficient (Wildman–Crippen LogP) is 3.63. The van der Waals surface area contributed by atoms with Gasteiger partial charge in [-0.1, -0.05) is 30.3 Å². The van der Waals surface area contributed by atoms with Crippen molar-refractivity contribution in [2.45, 2.75) is 31.5 Å². The van der Waals surface area contributed by atoms with E-state index in [2.05, 4.69) is 22.2 Å². The molecule has 0 aliphatic carbocycles. The first-order chi connectivity index (χ1) is 15.1. The number of ether oxygens (including phenoxy) is 1. The summed E-state index contributed by atoms with van der Waals surface area (Å²) < 4.78 is 7.09. The number of methoxy groups -OCH3 is 1. The van der Waals surface area contributed by atoms with E-state index in [0.717, 1.165) is 40.9 Å². The van der Waals surface area contributed by atoms with Crippen LogP contribution in [0, 0.1) is 0 Å². The number of halogens is 1. The Kier molecular flexibility index (Phi) is 6.82. The first kappa shape index (κ1) is 21.7. The van der Waals surface area contributed by atoms with E-state index in [1.54, 1.807) is 30.0 Å². The molecule has 3 heterocycles. The second-order valence-electron chi connectivity index (χ2n) is 7.16. The molecule has 1 aliphatic rings. The Labute approximate surface area is 190 Å². The number of aromatic nitrogens is 4. The molecule has 0 bridgehead atoms. The van der Waals surface area contributed by atoms with Crippen LogP contribution >= 0.6 is 23.4 Å². The van der Waals surface area contributed by atoms with Crippen molar-refractivity contribution < 1.29 is 9.53 Å². The average Bonchev–Trinajstić information content (AvgIpc) is 3.44. The van der Waals surface area contributed by atoms with Crippen molar-refractivity contribution >= 4 is 46.1 Å². The molecule has 31 heavy (non-hydrogen) atoms. The van der Waals surface area contributed by atoms with Crippen molar-refractivity contribution in [3.8, 4) is 5.75 Å². The molecule has 0 unspecified atom stereocenters. The number of anilines is 1. The molecule has 8 nitrogen and oxygen atoms in total. The van der Waals surface area contributed by atoms with Gasteiger partial charge in [-0.3, -0.25) is 4.79 Å². The Bertz CT molecular complexity index is 1080. The topological polar surface area (TPSA) is 85.2 Å². The molecule has 10 heteroatoms. The summed E-state index contributed by atoms with van der Waals surface area (Å²) in [5.74, 6) is 2.09. The number of rotatable bonds is 8. The van der Waals surface area contributed by atoms with Gasteiger partial charge in [-0.2, -0.15) is 5.10 Å². The molecular weight excluding hydrogens is 436 g/mol. The maximum absolute atomic E-state index is 12.6. The molecule has 1 aliphatic heterocycles. The molecule has 0 radical (unpaired) electrons. The highest BCUT2D eigenvalue weighted by molar-refractivity contribution is 7.99. The number of carbonyl (C=O) groups is 1. The van der Waals surface area contributed by atoms with Crippen molar-refractivity contribution in [2.24, 2.45) is 0 Å². The monoisotopic (exact) mass is 460 g/mol. The van der Waals surface area contributed by atoms with Crippen molar-refractivity contribution in [2.75, 3.05) is 37.4 Å². The van der Waals surface area contributed by atoms with E-state index >= 15 is 0 Å². The Hall–Kier alpha value is -2.52. The molecule has 164 valence electrons. The summed E-state index contributed by atoms with van der Waals surface area (Å²) >= 11 is 7.66. The van der Waals surface area contributed by atoms with E-state index in [1.807, 2.05) is 10.9 Å². The van der Waals surface area contributed by atoms with E-state index in [1.165, 1.54) is 20.0 Å². The largest absolute Gasteiger partial charge is 0.496 e. The van der Waals surface area contributed by atoms with Crippen LogP contribution in [-0.4, -0.2) is 58.2 Å². The lowest BCUT2D eigenvalue weighted by atomic mass is 10.2. The fraction of sp³-hybridized carbons (Fsp3) is 0.429. The smallest absolute Gasteiger partial charge is 0.255 e. The fourth-order valence-electron chi connectivity index (χ4n) is 3.68. The van der Waals surface area contributed by atoms with Crippen LogP contribution < -0.4 is 15.0 Å². The number of nitrogens with zero attached hydrogens (tertiary/aromatic N) is 5. The van der Waals surface area contributed by atoms with Gasteiger partial charge in [0.15, 0.2) is 10.8 Å². The highest BCUT2D eigenvalue weighted by atomic mass is 35.5. The van der Waals surface area contributed by atoms with E-state index in [0.29, 0.717) is 29.4 Å². The van der Waals surface area contributed by atoms with Crippen LogP contribution in [0.1, 0.15) is 30.1 Å². The van der Waals surface area contributed by atoms with E-state index in [-0.39, 0.29) is 5.91 Å². The van der Waals surface area contributed by atoms with Gasteiger partial charge in [-0.15, -0.1) is 0 Å². The van der Waals surface area contributed by atoms with Gasteiger partial charge in [-0.05, 0) is 36.8 Å². The van der Waals surface area contributed by atoms with Gasteiger partial charge in [0, 0.05) is 24.7 Å². The fourth-order valence-corrected chi connectivity index (χ4v) is 4.41. The second-order valence-corrected chi connectivity index (χ2v) is 8.83.